The smallest absolute Gasteiger partial charge is 0.0857 e. The Hall–Kier alpha value is -1.45. The number of aliphatic hydroxyl groups is 2. The number of rotatable bonds is 6. The molecular formula is C17H23NO2. The second kappa shape index (κ2) is 6.82. The van der Waals surface area contributed by atoms with Gasteiger partial charge in [0.1, 0.15) is 0 Å². The molecule has 0 aliphatic carbocycles. The average molecular weight is 273 g/mol. The van der Waals surface area contributed by atoms with Crippen molar-refractivity contribution in [1.29, 1.82) is 0 Å². The summed E-state index contributed by atoms with van der Waals surface area (Å²) in [4.78, 5) is 4.54. The third-order valence-corrected chi connectivity index (χ3v) is 4.00. The number of aromatic nitrogens is 1. The van der Waals surface area contributed by atoms with Crippen LogP contribution in [0.25, 0.3) is 10.9 Å². The SMILES string of the molecule is CCC(CC)C(O)C(O)Cc1ccc2ccccc2n1. The highest BCUT2D eigenvalue weighted by molar-refractivity contribution is 5.78. The molecule has 2 rings (SSSR count). The Balaban J connectivity index is 2.11. The molecule has 2 N–H and O–H groups in total. The number of hydrogen-bond acceptors (Lipinski definition) is 3. The van der Waals surface area contributed by atoms with Crippen LogP contribution in [0.5, 0.6) is 0 Å². The Morgan fingerprint density at radius 2 is 1.70 bits per heavy atom. The lowest BCUT2D eigenvalue weighted by Gasteiger charge is -2.24. The first kappa shape index (κ1) is 14.9. The van der Waals surface area contributed by atoms with Crippen molar-refractivity contribution < 1.29 is 10.2 Å². The van der Waals surface area contributed by atoms with Crippen molar-refractivity contribution >= 4 is 10.9 Å². The third kappa shape index (κ3) is 3.35. The van der Waals surface area contributed by atoms with Crippen LogP contribution in [0.15, 0.2) is 36.4 Å². The van der Waals surface area contributed by atoms with E-state index in [1.165, 1.54) is 0 Å². The predicted octanol–water partition coefficient (Wildman–Crippen LogP) is 2.94. The van der Waals surface area contributed by atoms with E-state index in [-0.39, 0.29) is 5.92 Å². The van der Waals surface area contributed by atoms with Gasteiger partial charge in [-0.1, -0.05) is 51.0 Å². The van der Waals surface area contributed by atoms with Gasteiger partial charge in [0.15, 0.2) is 0 Å². The van der Waals surface area contributed by atoms with Crippen molar-refractivity contribution in [2.75, 3.05) is 0 Å². The summed E-state index contributed by atoms with van der Waals surface area (Å²) in [5.41, 5.74) is 1.75. The van der Waals surface area contributed by atoms with E-state index in [9.17, 15) is 10.2 Å². The molecule has 2 aromatic rings. The summed E-state index contributed by atoms with van der Waals surface area (Å²) in [6.45, 7) is 4.08. The Morgan fingerprint density at radius 1 is 1.00 bits per heavy atom. The Kier molecular flexibility index (Phi) is 5.10. The number of nitrogens with zero attached hydrogens (tertiary/aromatic N) is 1. The van der Waals surface area contributed by atoms with E-state index in [1.54, 1.807) is 0 Å². The maximum absolute atomic E-state index is 10.2. The zero-order valence-electron chi connectivity index (χ0n) is 12.2. The van der Waals surface area contributed by atoms with Crippen molar-refractivity contribution in [3.8, 4) is 0 Å². The molecule has 0 spiro atoms. The van der Waals surface area contributed by atoms with Gasteiger partial charge in [-0.3, -0.25) is 4.98 Å². The highest BCUT2D eigenvalue weighted by atomic mass is 16.3. The van der Waals surface area contributed by atoms with Gasteiger partial charge in [0.05, 0.1) is 17.7 Å². The number of fused-ring (bicyclic) bond motifs is 1. The van der Waals surface area contributed by atoms with Crippen LogP contribution >= 0.6 is 0 Å². The summed E-state index contributed by atoms with van der Waals surface area (Å²) in [6.07, 6.45) is 0.703. The molecule has 108 valence electrons. The molecule has 2 unspecified atom stereocenters. The van der Waals surface area contributed by atoms with Crippen molar-refractivity contribution in [2.45, 2.75) is 45.3 Å². The van der Waals surface area contributed by atoms with E-state index in [2.05, 4.69) is 4.98 Å². The monoisotopic (exact) mass is 273 g/mol. The maximum atomic E-state index is 10.2. The lowest BCUT2D eigenvalue weighted by molar-refractivity contribution is -0.0191. The lowest BCUT2D eigenvalue weighted by atomic mass is 9.91. The molecule has 0 saturated carbocycles. The summed E-state index contributed by atoms with van der Waals surface area (Å²) in [6, 6.07) is 11.8. The molecule has 0 aliphatic rings. The normalized spacial score (nSPS) is 14.7. The van der Waals surface area contributed by atoms with Crippen LogP contribution in [0.1, 0.15) is 32.4 Å². The quantitative estimate of drug-likeness (QED) is 0.851. The van der Waals surface area contributed by atoms with E-state index in [1.807, 2.05) is 50.2 Å². The van der Waals surface area contributed by atoms with Crippen molar-refractivity contribution in [3.05, 3.63) is 42.1 Å². The molecule has 20 heavy (non-hydrogen) atoms. The summed E-state index contributed by atoms with van der Waals surface area (Å²) in [7, 11) is 0. The van der Waals surface area contributed by atoms with Crippen molar-refractivity contribution in [1.82, 2.24) is 4.98 Å². The van der Waals surface area contributed by atoms with Crippen LogP contribution < -0.4 is 0 Å². The maximum Gasteiger partial charge on any atom is 0.0857 e. The average Bonchev–Trinajstić information content (AvgIpc) is 2.48. The van der Waals surface area contributed by atoms with E-state index in [0.29, 0.717) is 6.42 Å². The van der Waals surface area contributed by atoms with Crippen LogP contribution in [0.2, 0.25) is 0 Å². The molecule has 0 radical (unpaired) electrons. The summed E-state index contributed by atoms with van der Waals surface area (Å²) >= 11 is 0. The van der Waals surface area contributed by atoms with Crippen LogP contribution in [0, 0.1) is 5.92 Å². The first-order valence-corrected chi connectivity index (χ1v) is 7.36. The minimum absolute atomic E-state index is 0.144. The fourth-order valence-electron chi connectivity index (χ4n) is 2.64. The molecule has 1 aromatic carbocycles. The highest BCUT2D eigenvalue weighted by Crippen LogP contribution is 2.19. The van der Waals surface area contributed by atoms with Gasteiger partial charge in [0.2, 0.25) is 0 Å². The minimum atomic E-state index is -0.756. The van der Waals surface area contributed by atoms with Gasteiger partial charge in [-0.05, 0) is 18.1 Å². The number of para-hydroxylation sites is 1. The first-order valence-electron chi connectivity index (χ1n) is 7.36. The van der Waals surface area contributed by atoms with Gasteiger partial charge in [-0.15, -0.1) is 0 Å². The predicted molar refractivity (Wildman–Crippen MR) is 81.5 cm³/mol. The first-order chi connectivity index (χ1) is 9.65. The minimum Gasteiger partial charge on any atom is -0.390 e. The molecule has 2 atom stereocenters. The van der Waals surface area contributed by atoms with Gasteiger partial charge in [0.25, 0.3) is 0 Å². The van der Waals surface area contributed by atoms with Gasteiger partial charge >= 0.3 is 0 Å². The molecule has 1 heterocycles. The summed E-state index contributed by atoms with van der Waals surface area (Å²) in [5, 5.41) is 21.4. The third-order valence-electron chi connectivity index (χ3n) is 4.00. The highest BCUT2D eigenvalue weighted by Gasteiger charge is 2.24. The van der Waals surface area contributed by atoms with Gasteiger partial charge in [-0.25, -0.2) is 0 Å². The zero-order valence-corrected chi connectivity index (χ0v) is 12.2. The number of hydrogen-bond donors (Lipinski definition) is 2. The molecular weight excluding hydrogens is 250 g/mol. The second-order valence-corrected chi connectivity index (χ2v) is 5.33. The number of pyridine rings is 1. The number of aliphatic hydroxyl groups excluding tert-OH is 2. The Morgan fingerprint density at radius 3 is 2.40 bits per heavy atom. The molecule has 0 bridgehead atoms. The molecule has 3 nitrogen and oxygen atoms in total. The molecule has 3 heteroatoms. The Labute approximate surface area is 120 Å². The van der Waals surface area contributed by atoms with Crippen LogP contribution in [-0.2, 0) is 6.42 Å². The largest absolute Gasteiger partial charge is 0.390 e. The molecule has 0 saturated heterocycles. The van der Waals surface area contributed by atoms with Crippen LogP contribution in [-0.4, -0.2) is 27.4 Å². The van der Waals surface area contributed by atoms with Gasteiger partial charge in [-0.2, -0.15) is 0 Å². The van der Waals surface area contributed by atoms with Gasteiger partial charge < -0.3 is 10.2 Å². The molecule has 0 amide bonds. The standard InChI is InChI=1S/C17H23NO2/c1-3-12(4-2)17(20)16(19)11-14-10-9-13-7-5-6-8-15(13)18-14/h5-10,12,16-17,19-20H,3-4,11H2,1-2H3. The second-order valence-electron chi connectivity index (χ2n) is 5.33. The molecule has 0 aliphatic heterocycles. The lowest BCUT2D eigenvalue weighted by Crippen LogP contribution is -2.34. The van der Waals surface area contributed by atoms with E-state index in [4.69, 9.17) is 0 Å². The number of benzene rings is 1. The van der Waals surface area contributed by atoms with Crippen molar-refractivity contribution in [2.24, 2.45) is 5.92 Å². The summed E-state index contributed by atoms with van der Waals surface area (Å²) < 4.78 is 0. The van der Waals surface area contributed by atoms with E-state index < -0.39 is 12.2 Å². The Bertz CT molecular complexity index is 551. The topological polar surface area (TPSA) is 53.4 Å². The van der Waals surface area contributed by atoms with E-state index in [0.717, 1.165) is 29.4 Å². The summed E-state index contributed by atoms with van der Waals surface area (Å²) in [5.74, 6) is 0.144. The molecule has 1 aromatic heterocycles. The van der Waals surface area contributed by atoms with Crippen molar-refractivity contribution in [3.63, 3.8) is 0 Å². The fourth-order valence-corrected chi connectivity index (χ4v) is 2.64. The van der Waals surface area contributed by atoms with E-state index >= 15 is 0 Å². The van der Waals surface area contributed by atoms with Crippen LogP contribution in [0.4, 0.5) is 0 Å². The van der Waals surface area contributed by atoms with Gasteiger partial charge in [0, 0.05) is 17.5 Å². The molecule has 0 fully saturated rings. The zero-order chi connectivity index (χ0) is 14.5. The fraction of sp³-hybridized carbons (Fsp3) is 0.471. The van der Waals surface area contributed by atoms with Crippen LogP contribution in [0.3, 0.4) is 0 Å².